The van der Waals surface area contributed by atoms with Crippen molar-refractivity contribution in [2.45, 2.75) is 13.5 Å². The summed E-state index contributed by atoms with van der Waals surface area (Å²) in [6, 6.07) is 19.2. The highest BCUT2D eigenvalue weighted by molar-refractivity contribution is 6.05. The van der Waals surface area contributed by atoms with E-state index in [1.54, 1.807) is 28.2 Å². The van der Waals surface area contributed by atoms with E-state index in [9.17, 15) is 9.18 Å². The van der Waals surface area contributed by atoms with Crippen molar-refractivity contribution in [1.82, 2.24) is 24.1 Å². The van der Waals surface area contributed by atoms with E-state index in [2.05, 4.69) is 0 Å². The summed E-state index contributed by atoms with van der Waals surface area (Å²) in [5.41, 5.74) is 3.71. The highest BCUT2D eigenvalue weighted by Crippen LogP contribution is 2.33. The lowest BCUT2D eigenvalue weighted by atomic mass is 10.2. The number of halogens is 1. The quantitative estimate of drug-likeness (QED) is 0.372. The molecule has 0 fully saturated rings. The van der Waals surface area contributed by atoms with Gasteiger partial charge in [-0.15, -0.1) is 0 Å². The Morgan fingerprint density at radius 2 is 1.69 bits per heavy atom. The molecule has 4 heterocycles. The summed E-state index contributed by atoms with van der Waals surface area (Å²) in [5, 5.41) is 0.332. The Hall–Kier alpha value is -4.79. The number of aromatic nitrogens is 5. The van der Waals surface area contributed by atoms with E-state index in [1.807, 2.05) is 42.5 Å². The van der Waals surface area contributed by atoms with Gasteiger partial charge in [-0.25, -0.2) is 19.3 Å². The van der Waals surface area contributed by atoms with Crippen LogP contribution in [-0.4, -0.2) is 30.9 Å². The fourth-order valence-corrected chi connectivity index (χ4v) is 4.70. The molecule has 0 radical (unpaired) electrons. The second kappa shape index (κ2) is 7.61. The van der Waals surface area contributed by atoms with E-state index in [0.29, 0.717) is 56.2 Å². The maximum atomic E-state index is 14.2. The van der Waals surface area contributed by atoms with Crippen molar-refractivity contribution in [2.24, 2.45) is 0 Å². The van der Waals surface area contributed by atoms with Gasteiger partial charge < -0.3 is 9.47 Å². The van der Waals surface area contributed by atoms with Crippen LogP contribution in [0.4, 0.5) is 4.39 Å². The maximum absolute atomic E-state index is 14.2. The van der Waals surface area contributed by atoms with Crippen molar-refractivity contribution >= 4 is 33.2 Å². The predicted octanol–water partition coefficient (Wildman–Crippen LogP) is 4.51. The fourth-order valence-electron chi connectivity index (χ4n) is 4.70. The molecule has 0 saturated heterocycles. The monoisotopic (exact) mass is 479 g/mol. The number of fused-ring (bicyclic) bond motifs is 5. The summed E-state index contributed by atoms with van der Waals surface area (Å²) in [6.45, 7) is 2.24. The van der Waals surface area contributed by atoms with Crippen LogP contribution in [-0.2, 0) is 6.54 Å². The normalized spacial score (nSPS) is 12.7. The lowest BCUT2D eigenvalue weighted by Gasteiger charge is -2.11. The summed E-state index contributed by atoms with van der Waals surface area (Å²) >= 11 is 0. The molecule has 176 valence electrons. The summed E-state index contributed by atoms with van der Waals surface area (Å²) in [4.78, 5) is 28.4. The smallest absolute Gasteiger partial charge is 0.265 e. The highest BCUT2D eigenvalue weighted by atomic mass is 19.1. The van der Waals surface area contributed by atoms with Crippen LogP contribution in [0.25, 0.3) is 38.9 Å². The number of aryl methyl sites for hydroxylation is 1. The Morgan fingerprint density at radius 1 is 0.889 bits per heavy atom. The number of rotatable bonds is 3. The maximum Gasteiger partial charge on any atom is 0.265 e. The standard InChI is InChI=1S/C27H18FN5O3/c1-15-29-25-23(27(34)32(15)13-16-9-10-21-22(11-16)36-14-35-21)24-26(31-20-8-3-2-7-19(20)30-24)33(25)18-6-4-5-17(28)12-18/h2-12H,13-14H2,1H3. The molecule has 3 aromatic carbocycles. The first-order chi connectivity index (χ1) is 17.6. The third-order valence-corrected chi connectivity index (χ3v) is 6.40. The largest absolute Gasteiger partial charge is 0.454 e. The molecule has 0 aliphatic carbocycles. The first kappa shape index (κ1) is 20.6. The van der Waals surface area contributed by atoms with E-state index in [-0.39, 0.29) is 18.9 Å². The fraction of sp³-hybridized carbons (Fsp3) is 0.111. The van der Waals surface area contributed by atoms with Crippen LogP contribution in [0.1, 0.15) is 11.4 Å². The van der Waals surface area contributed by atoms with Crippen LogP contribution in [0, 0.1) is 12.7 Å². The molecule has 0 unspecified atom stereocenters. The average Bonchev–Trinajstić information content (AvgIpc) is 3.46. The Kier molecular flexibility index (Phi) is 4.35. The van der Waals surface area contributed by atoms with Crippen LogP contribution in [0.2, 0.25) is 0 Å². The summed E-state index contributed by atoms with van der Waals surface area (Å²) in [5.74, 6) is 1.43. The van der Waals surface area contributed by atoms with Gasteiger partial charge in [0, 0.05) is 0 Å². The molecule has 36 heavy (non-hydrogen) atoms. The minimum atomic E-state index is -0.399. The zero-order valence-electron chi connectivity index (χ0n) is 19.1. The van der Waals surface area contributed by atoms with Gasteiger partial charge in [-0.2, -0.15) is 0 Å². The number of nitrogens with zero attached hydrogens (tertiary/aromatic N) is 5. The molecule has 0 N–H and O–H groups in total. The zero-order chi connectivity index (χ0) is 24.4. The molecular weight excluding hydrogens is 461 g/mol. The molecule has 8 nitrogen and oxygen atoms in total. The lowest BCUT2D eigenvalue weighted by Crippen LogP contribution is -2.24. The zero-order valence-corrected chi connectivity index (χ0v) is 19.1. The number of para-hydroxylation sites is 2. The van der Waals surface area contributed by atoms with E-state index >= 15 is 0 Å². The van der Waals surface area contributed by atoms with Gasteiger partial charge in [-0.3, -0.25) is 13.9 Å². The lowest BCUT2D eigenvalue weighted by molar-refractivity contribution is 0.174. The van der Waals surface area contributed by atoms with Crippen molar-refractivity contribution in [3.05, 3.63) is 94.3 Å². The van der Waals surface area contributed by atoms with Crippen LogP contribution in [0.15, 0.2) is 71.5 Å². The van der Waals surface area contributed by atoms with Crippen LogP contribution >= 0.6 is 0 Å². The second-order valence-corrected chi connectivity index (χ2v) is 8.64. The first-order valence-electron chi connectivity index (χ1n) is 11.4. The molecule has 3 aromatic heterocycles. The van der Waals surface area contributed by atoms with E-state index in [0.717, 1.165) is 5.56 Å². The average molecular weight is 479 g/mol. The molecule has 0 bridgehead atoms. The van der Waals surface area contributed by atoms with Crippen molar-refractivity contribution in [3.63, 3.8) is 0 Å². The highest BCUT2D eigenvalue weighted by Gasteiger charge is 2.23. The van der Waals surface area contributed by atoms with Gasteiger partial charge in [0.05, 0.1) is 23.3 Å². The minimum absolute atomic E-state index is 0.178. The molecule has 1 aliphatic heterocycles. The van der Waals surface area contributed by atoms with Crippen molar-refractivity contribution in [2.75, 3.05) is 6.79 Å². The Bertz CT molecular complexity index is 1910. The SMILES string of the molecule is Cc1nc2c(c(=O)n1Cc1ccc3c(c1)OCO3)c1nc3ccccc3nc1n2-c1cccc(F)c1. The Labute approximate surface area is 203 Å². The first-order valence-corrected chi connectivity index (χ1v) is 11.4. The van der Waals surface area contributed by atoms with Gasteiger partial charge in [0.15, 0.2) is 22.8 Å². The topological polar surface area (TPSA) is 84.1 Å². The van der Waals surface area contributed by atoms with Gasteiger partial charge in [0.1, 0.15) is 22.5 Å². The Balaban J connectivity index is 1.53. The molecule has 0 atom stereocenters. The number of hydrogen-bond donors (Lipinski definition) is 0. The number of hydrogen-bond acceptors (Lipinski definition) is 6. The van der Waals surface area contributed by atoms with Gasteiger partial charge in [0.2, 0.25) is 6.79 Å². The third kappa shape index (κ3) is 3.06. The van der Waals surface area contributed by atoms with Crippen LogP contribution < -0.4 is 15.0 Å². The molecule has 0 saturated carbocycles. The predicted molar refractivity (Wildman–Crippen MR) is 132 cm³/mol. The number of benzene rings is 3. The van der Waals surface area contributed by atoms with Crippen LogP contribution in [0.3, 0.4) is 0 Å². The Morgan fingerprint density at radius 3 is 2.53 bits per heavy atom. The molecule has 6 aromatic rings. The van der Waals surface area contributed by atoms with Gasteiger partial charge in [-0.1, -0.05) is 24.3 Å². The van der Waals surface area contributed by atoms with Gasteiger partial charge >= 0.3 is 0 Å². The van der Waals surface area contributed by atoms with Crippen molar-refractivity contribution in [1.29, 1.82) is 0 Å². The number of ether oxygens (including phenoxy) is 2. The third-order valence-electron chi connectivity index (χ3n) is 6.40. The van der Waals surface area contributed by atoms with Crippen LogP contribution in [0.5, 0.6) is 11.5 Å². The molecule has 1 aliphatic rings. The van der Waals surface area contributed by atoms with Crippen molar-refractivity contribution < 1.29 is 13.9 Å². The molecule has 9 heteroatoms. The van der Waals surface area contributed by atoms with Gasteiger partial charge in [-0.05, 0) is 55.0 Å². The minimum Gasteiger partial charge on any atom is -0.454 e. The summed E-state index contributed by atoms with van der Waals surface area (Å²) in [6.07, 6.45) is 0. The molecule has 7 rings (SSSR count). The second-order valence-electron chi connectivity index (χ2n) is 8.64. The molecule has 0 spiro atoms. The van der Waals surface area contributed by atoms with E-state index in [4.69, 9.17) is 24.4 Å². The molecular formula is C27H18FN5O3. The van der Waals surface area contributed by atoms with E-state index < -0.39 is 5.82 Å². The van der Waals surface area contributed by atoms with Gasteiger partial charge in [0.25, 0.3) is 5.56 Å². The summed E-state index contributed by atoms with van der Waals surface area (Å²) in [7, 11) is 0. The molecule has 0 amide bonds. The van der Waals surface area contributed by atoms with Crippen molar-refractivity contribution in [3.8, 4) is 17.2 Å². The van der Waals surface area contributed by atoms with E-state index in [1.165, 1.54) is 12.1 Å². The summed E-state index contributed by atoms with van der Waals surface area (Å²) < 4.78 is 28.4.